The van der Waals surface area contributed by atoms with Crippen LogP contribution in [0.3, 0.4) is 0 Å². The molecule has 1 saturated heterocycles. The molecular weight excluding hydrogens is 240 g/mol. The Morgan fingerprint density at radius 3 is 2.63 bits per heavy atom. The molecule has 0 spiro atoms. The van der Waals surface area contributed by atoms with E-state index in [1.165, 1.54) is 5.56 Å². The highest BCUT2D eigenvalue weighted by atomic mass is 16.3. The van der Waals surface area contributed by atoms with E-state index in [2.05, 4.69) is 24.4 Å². The highest BCUT2D eigenvalue weighted by Gasteiger charge is 2.36. The summed E-state index contributed by atoms with van der Waals surface area (Å²) in [6.07, 6.45) is 0. The smallest absolute Gasteiger partial charge is 0.234 e. The molecule has 4 heteroatoms. The van der Waals surface area contributed by atoms with Crippen molar-refractivity contribution in [2.75, 3.05) is 26.2 Å². The summed E-state index contributed by atoms with van der Waals surface area (Å²) in [7, 11) is 0. The summed E-state index contributed by atoms with van der Waals surface area (Å²) in [4.78, 5) is 13.7. The van der Waals surface area contributed by atoms with Crippen molar-refractivity contribution in [2.45, 2.75) is 25.4 Å². The molecule has 0 bridgehead atoms. The number of rotatable bonds is 5. The second-order valence-corrected chi connectivity index (χ2v) is 5.76. The van der Waals surface area contributed by atoms with Gasteiger partial charge in [0.1, 0.15) is 0 Å². The fraction of sp³-hybridized carbons (Fsp3) is 0.533. The first kappa shape index (κ1) is 14.0. The Balaban J connectivity index is 1.69. The highest BCUT2D eigenvalue weighted by Crippen LogP contribution is 2.18. The molecule has 1 fully saturated rings. The van der Waals surface area contributed by atoms with E-state index in [1.807, 2.05) is 23.1 Å². The van der Waals surface area contributed by atoms with E-state index in [1.54, 1.807) is 6.92 Å². The summed E-state index contributed by atoms with van der Waals surface area (Å²) in [6.45, 7) is 6.07. The minimum atomic E-state index is -0.613. The molecule has 4 nitrogen and oxygen atoms in total. The second-order valence-electron chi connectivity index (χ2n) is 5.76. The number of nitrogens with one attached hydrogen (secondary N) is 1. The number of β-amino-alcohol motifs (C(OH)–C–C–N with tert-alkyl or cyclic N) is 1. The van der Waals surface area contributed by atoms with Crippen LogP contribution in [-0.2, 0) is 4.79 Å². The second kappa shape index (κ2) is 5.72. The van der Waals surface area contributed by atoms with Crippen molar-refractivity contribution in [3.63, 3.8) is 0 Å². The van der Waals surface area contributed by atoms with Gasteiger partial charge < -0.3 is 10.4 Å². The van der Waals surface area contributed by atoms with Gasteiger partial charge >= 0.3 is 0 Å². The van der Waals surface area contributed by atoms with Crippen LogP contribution in [0, 0.1) is 0 Å². The van der Waals surface area contributed by atoms with Crippen molar-refractivity contribution in [1.82, 2.24) is 10.2 Å². The van der Waals surface area contributed by atoms with Crippen LogP contribution in [0.25, 0.3) is 0 Å². The third-order valence-corrected chi connectivity index (χ3v) is 3.47. The first-order chi connectivity index (χ1) is 8.96. The summed E-state index contributed by atoms with van der Waals surface area (Å²) in [5.41, 5.74) is 0.618. The number of likely N-dealkylation sites (tertiary alicyclic amines) is 1. The molecule has 2 rings (SSSR count). The molecule has 0 saturated carbocycles. The van der Waals surface area contributed by atoms with Crippen molar-refractivity contribution < 1.29 is 9.90 Å². The lowest BCUT2D eigenvalue weighted by Gasteiger charge is -2.43. The summed E-state index contributed by atoms with van der Waals surface area (Å²) >= 11 is 0. The Morgan fingerprint density at radius 2 is 2.05 bits per heavy atom. The quantitative estimate of drug-likeness (QED) is 0.831. The van der Waals surface area contributed by atoms with Gasteiger partial charge in [-0.2, -0.15) is 0 Å². The van der Waals surface area contributed by atoms with Gasteiger partial charge in [0.15, 0.2) is 0 Å². The van der Waals surface area contributed by atoms with E-state index in [0.717, 1.165) is 0 Å². The largest absolute Gasteiger partial charge is 0.388 e. The average molecular weight is 262 g/mol. The first-order valence-electron chi connectivity index (χ1n) is 6.73. The molecular formula is C15H22N2O2. The zero-order chi connectivity index (χ0) is 13.9. The van der Waals surface area contributed by atoms with Gasteiger partial charge in [0.05, 0.1) is 12.1 Å². The van der Waals surface area contributed by atoms with Crippen LogP contribution < -0.4 is 5.32 Å². The monoisotopic (exact) mass is 262 g/mol. The van der Waals surface area contributed by atoms with E-state index >= 15 is 0 Å². The predicted molar refractivity (Wildman–Crippen MR) is 74.9 cm³/mol. The predicted octanol–water partition coefficient (Wildman–Crippen LogP) is 0.973. The van der Waals surface area contributed by atoms with E-state index < -0.39 is 5.60 Å². The Bertz CT molecular complexity index is 423. The number of amides is 1. The molecule has 0 aliphatic carbocycles. The standard InChI is InChI=1S/C15H22N2O2/c1-12(13-6-4-3-5-7-13)8-16-14(18)9-17-10-15(2,19)11-17/h3-7,12,19H,8-11H2,1-2H3,(H,16,18). The first-order valence-corrected chi connectivity index (χ1v) is 6.73. The molecule has 1 amide bonds. The van der Waals surface area contributed by atoms with E-state index in [9.17, 15) is 9.90 Å². The Kier molecular flexibility index (Phi) is 4.22. The highest BCUT2D eigenvalue weighted by molar-refractivity contribution is 5.78. The lowest BCUT2D eigenvalue weighted by molar-refractivity contribution is -0.130. The van der Waals surface area contributed by atoms with Gasteiger partial charge in [-0.1, -0.05) is 37.3 Å². The van der Waals surface area contributed by atoms with Crippen LogP contribution in [0.15, 0.2) is 30.3 Å². The molecule has 19 heavy (non-hydrogen) atoms. The number of hydrogen-bond acceptors (Lipinski definition) is 3. The number of nitrogens with zero attached hydrogens (tertiary/aromatic N) is 1. The fourth-order valence-corrected chi connectivity index (χ4v) is 2.45. The number of benzene rings is 1. The third kappa shape index (κ3) is 4.04. The van der Waals surface area contributed by atoms with Crippen LogP contribution in [-0.4, -0.2) is 47.7 Å². The van der Waals surface area contributed by atoms with Crippen molar-refractivity contribution in [2.24, 2.45) is 0 Å². The van der Waals surface area contributed by atoms with Crippen LogP contribution in [0.5, 0.6) is 0 Å². The van der Waals surface area contributed by atoms with Gasteiger partial charge in [-0.3, -0.25) is 9.69 Å². The maximum Gasteiger partial charge on any atom is 0.234 e. The average Bonchev–Trinajstić information content (AvgIpc) is 2.35. The lowest BCUT2D eigenvalue weighted by Crippen LogP contribution is -2.61. The summed E-state index contributed by atoms with van der Waals surface area (Å²) in [6, 6.07) is 10.2. The van der Waals surface area contributed by atoms with Gasteiger partial charge in [-0.05, 0) is 18.4 Å². The Labute approximate surface area is 114 Å². The minimum absolute atomic E-state index is 0.0262. The molecule has 1 heterocycles. The molecule has 1 unspecified atom stereocenters. The number of carbonyl (C=O) groups is 1. The summed E-state index contributed by atoms with van der Waals surface area (Å²) in [5.74, 6) is 0.336. The number of hydrogen-bond donors (Lipinski definition) is 2. The van der Waals surface area contributed by atoms with Crippen molar-refractivity contribution >= 4 is 5.91 Å². The van der Waals surface area contributed by atoms with Gasteiger partial charge in [0, 0.05) is 19.6 Å². The maximum absolute atomic E-state index is 11.8. The molecule has 1 atom stereocenters. The van der Waals surface area contributed by atoms with Gasteiger partial charge in [0.25, 0.3) is 0 Å². The third-order valence-electron chi connectivity index (χ3n) is 3.47. The Morgan fingerprint density at radius 1 is 1.42 bits per heavy atom. The number of aliphatic hydroxyl groups is 1. The van der Waals surface area contributed by atoms with Gasteiger partial charge in [0.2, 0.25) is 5.91 Å². The van der Waals surface area contributed by atoms with Gasteiger partial charge in [-0.25, -0.2) is 0 Å². The molecule has 2 N–H and O–H groups in total. The molecule has 104 valence electrons. The zero-order valence-corrected chi connectivity index (χ0v) is 11.6. The van der Waals surface area contributed by atoms with Crippen molar-refractivity contribution in [3.05, 3.63) is 35.9 Å². The van der Waals surface area contributed by atoms with Crippen LogP contribution in [0.1, 0.15) is 25.3 Å². The van der Waals surface area contributed by atoms with Crippen LogP contribution >= 0.6 is 0 Å². The maximum atomic E-state index is 11.8. The normalized spacial score (nSPS) is 19.5. The van der Waals surface area contributed by atoms with Crippen molar-refractivity contribution in [1.29, 1.82) is 0 Å². The Hall–Kier alpha value is -1.39. The SMILES string of the molecule is CC(CNC(=O)CN1CC(C)(O)C1)c1ccccc1. The summed E-state index contributed by atoms with van der Waals surface area (Å²) in [5, 5.41) is 12.5. The van der Waals surface area contributed by atoms with Crippen molar-refractivity contribution in [3.8, 4) is 0 Å². The number of carbonyl (C=O) groups excluding carboxylic acids is 1. The fourth-order valence-electron chi connectivity index (χ4n) is 2.45. The van der Waals surface area contributed by atoms with E-state index in [4.69, 9.17) is 0 Å². The van der Waals surface area contributed by atoms with Gasteiger partial charge in [-0.15, -0.1) is 0 Å². The van der Waals surface area contributed by atoms with Crippen LogP contribution in [0.4, 0.5) is 0 Å². The van der Waals surface area contributed by atoms with Crippen LogP contribution in [0.2, 0.25) is 0 Å². The molecule has 1 aliphatic rings. The molecule has 1 aromatic carbocycles. The zero-order valence-electron chi connectivity index (χ0n) is 11.6. The van der Waals surface area contributed by atoms with E-state index in [0.29, 0.717) is 32.1 Å². The molecule has 0 radical (unpaired) electrons. The topological polar surface area (TPSA) is 52.6 Å². The van der Waals surface area contributed by atoms with E-state index in [-0.39, 0.29) is 5.91 Å². The molecule has 1 aromatic rings. The molecule has 1 aliphatic heterocycles. The lowest BCUT2D eigenvalue weighted by atomic mass is 9.97. The summed E-state index contributed by atoms with van der Waals surface area (Å²) < 4.78 is 0. The minimum Gasteiger partial charge on any atom is -0.388 e. The molecule has 0 aromatic heterocycles.